The second-order valence-electron chi connectivity index (χ2n) is 7.06. The summed E-state index contributed by atoms with van der Waals surface area (Å²) in [6, 6.07) is -2.36. The number of amides is 1. The summed E-state index contributed by atoms with van der Waals surface area (Å²) in [5.74, 6) is -0.420. The van der Waals surface area contributed by atoms with E-state index in [9.17, 15) is 35.4 Å². The topological polar surface area (TPSA) is 190 Å². The number of carbonyl (C=O) groups is 1. The second kappa shape index (κ2) is 10.2. The Labute approximate surface area is 162 Å². The standard InChI is InChI=1S/C16H30N2O10/c1-6(20)17-10-8(18-7(3-19)11(21)13(10)23)4-27-5-9-12(22)14(24)15(25)16(26-2)28-9/h7-16,18-19,21-25H,3-5H2,1-2H3,(H,17,20)/t7-,8-,9-,10+,11-,12-,13-,14+,15-,16+/m1/s1. The molecule has 2 heterocycles. The minimum Gasteiger partial charge on any atom is -0.395 e. The first-order chi connectivity index (χ1) is 13.2. The van der Waals surface area contributed by atoms with Gasteiger partial charge in [0.1, 0.15) is 30.5 Å². The van der Waals surface area contributed by atoms with E-state index in [2.05, 4.69) is 10.6 Å². The van der Waals surface area contributed by atoms with Gasteiger partial charge in [0, 0.05) is 14.0 Å². The lowest BCUT2D eigenvalue weighted by Gasteiger charge is -2.44. The van der Waals surface area contributed by atoms with E-state index >= 15 is 0 Å². The zero-order chi connectivity index (χ0) is 21.0. The molecule has 0 spiro atoms. The Hall–Kier alpha value is -0.930. The minimum absolute atomic E-state index is 0.0753. The van der Waals surface area contributed by atoms with Gasteiger partial charge in [-0.1, -0.05) is 0 Å². The fourth-order valence-electron chi connectivity index (χ4n) is 3.46. The molecule has 0 bridgehead atoms. The van der Waals surface area contributed by atoms with Crippen molar-refractivity contribution in [3.8, 4) is 0 Å². The number of aliphatic hydroxyl groups is 6. The van der Waals surface area contributed by atoms with Crippen LogP contribution in [0.2, 0.25) is 0 Å². The first-order valence-corrected chi connectivity index (χ1v) is 9.01. The molecule has 12 nitrogen and oxygen atoms in total. The molecule has 2 aliphatic rings. The van der Waals surface area contributed by atoms with Crippen molar-refractivity contribution in [1.82, 2.24) is 10.6 Å². The largest absolute Gasteiger partial charge is 0.395 e. The Morgan fingerprint density at radius 2 is 1.68 bits per heavy atom. The van der Waals surface area contributed by atoms with Crippen LogP contribution in [0.3, 0.4) is 0 Å². The number of rotatable bonds is 7. The fourth-order valence-corrected chi connectivity index (χ4v) is 3.46. The molecule has 28 heavy (non-hydrogen) atoms. The van der Waals surface area contributed by atoms with E-state index in [-0.39, 0.29) is 13.2 Å². The van der Waals surface area contributed by atoms with Crippen molar-refractivity contribution in [3.05, 3.63) is 0 Å². The van der Waals surface area contributed by atoms with Gasteiger partial charge in [-0.25, -0.2) is 0 Å². The molecule has 8 N–H and O–H groups in total. The molecule has 2 saturated heterocycles. The molecule has 2 fully saturated rings. The van der Waals surface area contributed by atoms with E-state index in [0.29, 0.717) is 0 Å². The van der Waals surface area contributed by atoms with E-state index in [1.165, 1.54) is 14.0 Å². The minimum atomic E-state index is -1.48. The van der Waals surface area contributed by atoms with Gasteiger partial charge in [0.05, 0.1) is 44.1 Å². The highest BCUT2D eigenvalue weighted by atomic mass is 16.7. The van der Waals surface area contributed by atoms with Crippen molar-refractivity contribution in [1.29, 1.82) is 0 Å². The summed E-state index contributed by atoms with van der Waals surface area (Å²) in [6.45, 7) is 0.566. The lowest BCUT2D eigenvalue weighted by Crippen LogP contribution is -2.71. The van der Waals surface area contributed by atoms with E-state index in [1.54, 1.807) is 0 Å². The SMILES string of the molecule is CO[C@H]1O[C@H](COC[C@H]2N[C@H](CO)[C@@H](O)[C@H](O)[C@H]2NC(C)=O)[C@@H](O)[C@H](O)[C@H]1O. The number of ether oxygens (including phenoxy) is 3. The molecule has 2 aliphatic heterocycles. The van der Waals surface area contributed by atoms with Crippen molar-refractivity contribution < 1.29 is 49.6 Å². The smallest absolute Gasteiger partial charge is 0.217 e. The number of piperidine rings is 1. The maximum atomic E-state index is 11.4. The van der Waals surface area contributed by atoms with Crippen molar-refractivity contribution >= 4 is 5.91 Å². The number of aliphatic hydroxyl groups excluding tert-OH is 6. The summed E-state index contributed by atoms with van der Waals surface area (Å²) in [5.41, 5.74) is 0. The second-order valence-corrected chi connectivity index (χ2v) is 7.06. The molecule has 0 unspecified atom stereocenters. The van der Waals surface area contributed by atoms with E-state index < -0.39 is 73.6 Å². The molecular formula is C16H30N2O10. The highest BCUT2D eigenvalue weighted by Crippen LogP contribution is 2.22. The molecule has 0 saturated carbocycles. The zero-order valence-corrected chi connectivity index (χ0v) is 15.7. The Bertz CT molecular complexity index is 510. The normalized spacial score (nSPS) is 44.3. The summed E-state index contributed by atoms with van der Waals surface area (Å²) in [6.07, 6.45) is -9.06. The molecule has 0 aromatic rings. The highest BCUT2D eigenvalue weighted by Gasteiger charge is 2.45. The number of methoxy groups -OCH3 is 1. The van der Waals surface area contributed by atoms with Crippen molar-refractivity contribution in [3.63, 3.8) is 0 Å². The third-order valence-electron chi connectivity index (χ3n) is 5.04. The number of hydrogen-bond acceptors (Lipinski definition) is 11. The van der Waals surface area contributed by atoms with Gasteiger partial charge in [-0.05, 0) is 0 Å². The lowest BCUT2D eigenvalue weighted by molar-refractivity contribution is -0.296. The molecule has 1 amide bonds. The van der Waals surface area contributed by atoms with Crippen LogP contribution in [0.15, 0.2) is 0 Å². The van der Waals surface area contributed by atoms with Gasteiger partial charge < -0.3 is 55.5 Å². The molecule has 0 aromatic carbocycles. The Kier molecular flexibility index (Phi) is 8.51. The quantitative estimate of drug-likeness (QED) is 0.201. The van der Waals surface area contributed by atoms with Gasteiger partial charge in [0.15, 0.2) is 6.29 Å². The third-order valence-corrected chi connectivity index (χ3v) is 5.04. The lowest BCUT2D eigenvalue weighted by atomic mass is 9.88. The Morgan fingerprint density at radius 1 is 1.00 bits per heavy atom. The molecule has 0 aliphatic carbocycles. The van der Waals surface area contributed by atoms with Gasteiger partial charge >= 0.3 is 0 Å². The predicted octanol–water partition coefficient (Wildman–Crippen LogP) is -4.98. The predicted molar refractivity (Wildman–Crippen MR) is 91.9 cm³/mol. The van der Waals surface area contributed by atoms with Gasteiger partial charge in [0.2, 0.25) is 5.91 Å². The van der Waals surface area contributed by atoms with Gasteiger partial charge in [0.25, 0.3) is 0 Å². The van der Waals surface area contributed by atoms with Crippen LogP contribution in [0, 0.1) is 0 Å². The molecule has 10 atom stereocenters. The first-order valence-electron chi connectivity index (χ1n) is 9.01. The van der Waals surface area contributed by atoms with Gasteiger partial charge in [-0.15, -0.1) is 0 Å². The highest BCUT2D eigenvalue weighted by molar-refractivity contribution is 5.73. The third kappa shape index (κ3) is 5.16. The first kappa shape index (κ1) is 23.3. The summed E-state index contributed by atoms with van der Waals surface area (Å²) < 4.78 is 15.8. The summed E-state index contributed by atoms with van der Waals surface area (Å²) >= 11 is 0. The maximum absolute atomic E-state index is 11.4. The monoisotopic (exact) mass is 410 g/mol. The Balaban J connectivity index is 1.97. The van der Waals surface area contributed by atoms with Gasteiger partial charge in [-0.3, -0.25) is 4.79 Å². The number of hydrogen-bond donors (Lipinski definition) is 8. The summed E-state index contributed by atoms with van der Waals surface area (Å²) in [4.78, 5) is 11.4. The zero-order valence-electron chi connectivity index (χ0n) is 15.7. The van der Waals surface area contributed by atoms with Crippen molar-refractivity contribution in [2.45, 2.75) is 68.0 Å². The van der Waals surface area contributed by atoms with Crippen LogP contribution >= 0.6 is 0 Å². The molecule has 0 radical (unpaired) electrons. The fraction of sp³-hybridized carbons (Fsp3) is 0.938. The average Bonchev–Trinajstić information content (AvgIpc) is 2.66. The number of carbonyl (C=O) groups excluding carboxylic acids is 1. The molecular weight excluding hydrogens is 380 g/mol. The molecule has 12 heteroatoms. The van der Waals surface area contributed by atoms with Gasteiger partial charge in [-0.2, -0.15) is 0 Å². The Morgan fingerprint density at radius 3 is 2.25 bits per heavy atom. The van der Waals surface area contributed by atoms with Crippen LogP contribution in [0.1, 0.15) is 6.92 Å². The van der Waals surface area contributed by atoms with Crippen molar-refractivity contribution in [2.24, 2.45) is 0 Å². The van der Waals surface area contributed by atoms with Crippen LogP contribution < -0.4 is 10.6 Å². The van der Waals surface area contributed by atoms with Crippen LogP contribution in [0.25, 0.3) is 0 Å². The number of nitrogens with one attached hydrogen (secondary N) is 2. The molecule has 0 aromatic heterocycles. The van der Waals surface area contributed by atoms with Crippen LogP contribution in [-0.4, -0.2) is 125 Å². The summed E-state index contributed by atoms with van der Waals surface area (Å²) in [5, 5.41) is 64.8. The van der Waals surface area contributed by atoms with Crippen molar-refractivity contribution in [2.75, 3.05) is 26.9 Å². The van der Waals surface area contributed by atoms with Crippen LogP contribution in [0.4, 0.5) is 0 Å². The molecule has 2 rings (SSSR count). The summed E-state index contributed by atoms with van der Waals surface area (Å²) in [7, 11) is 1.28. The van der Waals surface area contributed by atoms with Crippen LogP contribution in [-0.2, 0) is 19.0 Å². The maximum Gasteiger partial charge on any atom is 0.217 e. The van der Waals surface area contributed by atoms with Crippen LogP contribution in [0.5, 0.6) is 0 Å². The average molecular weight is 410 g/mol. The van der Waals surface area contributed by atoms with E-state index in [0.717, 1.165) is 0 Å². The molecule has 164 valence electrons. The van der Waals surface area contributed by atoms with E-state index in [1.807, 2.05) is 0 Å². The van der Waals surface area contributed by atoms with E-state index in [4.69, 9.17) is 14.2 Å².